The minimum absolute atomic E-state index is 0. The molecule has 0 aliphatic rings. The Kier molecular flexibility index (Phi) is 9.91. The van der Waals surface area contributed by atoms with E-state index in [0.717, 1.165) is 6.92 Å². The van der Waals surface area contributed by atoms with Gasteiger partial charge >= 0.3 is 5.97 Å². The predicted molar refractivity (Wildman–Crippen MR) is 82.8 cm³/mol. The lowest BCUT2D eigenvalue weighted by Crippen LogP contribution is -2.49. The lowest BCUT2D eigenvalue weighted by atomic mass is 10.1. The van der Waals surface area contributed by atoms with Gasteiger partial charge in [-0.25, -0.2) is 4.79 Å². The van der Waals surface area contributed by atoms with Gasteiger partial charge in [0.1, 0.15) is 0 Å². The summed E-state index contributed by atoms with van der Waals surface area (Å²) >= 11 is 0. The number of hydrogen-bond donors (Lipinski definition) is 2. The Bertz CT molecular complexity index is 560. The summed E-state index contributed by atoms with van der Waals surface area (Å²) in [7, 11) is -3.00. The van der Waals surface area contributed by atoms with Gasteiger partial charge in [-0.1, -0.05) is 0 Å². The Balaban J connectivity index is 0. The van der Waals surface area contributed by atoms with E-state index in [1.165, 1.54) is 27.9 Å². The smallest absolute Gasteiger partial charge is 0.335 e. The summed E-state index contributed by atoms with van der Waals surface area (Å²) in [4.78, 5) is 35.0. The molecule has 0 spiro atoms. The standard InChI is InChI=1S/C13H23NO8S.FH/c1-8(15)10(22-12(17)9(2)21-5)6-11(16)14-13(3,4)7-23(18,19)20;/h9-10H,6-7H2,1-5H3,(H,14,16)(H,18,19,20);1H. The van der Waals surface area contributed by atoms with Crippen LogP contribution in [-0.4, -0.2) is 61.2 Å². The van der Waals surface area contributed by atoms with Crippen LogP contribution < -0.4 is 5.32 Å². The largest absolute Gasteiger partial charge is 0.452 e. The molecule has 11 heteroatoms. The van der Waals surface area contributed by atoms with Gasteiger partial charge in [-0.05, 0) is 27.7 Å². The summed E-state index contributed by atoms with van der Waals surface area (Å²) < 4.78 is 40.2. The second kappa shape index (κ2) is 9.64. The molecule has 0 radical (unpaired) electrons. The van der Waals surface area contributed by atoms with Gasteiger partial charge in [-0.2, -0.15) is 8.42 Å². The van der Waals surface area contributed by atoms with Gasteiger partial charge < -0.3 is 14.8 Å². The first-order valence-electron chi connectivity index (χ1n) is 6.77. The van der Waals surface area contributed by atoms with E-state index < -0.39 is 57.7 Å². The zero-order valence-electron chi connectivity index (χ0n) is 14.2. The van der Waals surface area contributed by atoms with Crippen LogP contribution in [0.15, 0.2) is 0 Å². The molecule has 0 heterocycles. The number of Topliss-reactive ketones (excluding diaryl/α,β-unsaturated/α-hetero) is 1. The molecule has 0 bridgehead atoms. The molecule has 0 rings (SSSR count). The second-order valence-corrected chi connectivity index (χ2v) is 7.23. The molecule has 0 aromatic heterocycles. The van der Waals surface area contributed by atoms with Crippen molar-refractivity contribution in [1.82, 2.24) is 5.32 Å². The first-order chi connectivity index (χ1) is 10.3. The molecule has 0 saturated heterocycles. The lowest BCUT2D eigenvalue weighted by Gasteiger charge is -2.25. The van der Waals surface area contributed by atoms with Gasteiger partial charge in [-0.3, -0.25) is 18.8 Å². The SMILES string of the molecule is COC(C)C(=O)OC(CC(=O)NC(C)(C)CS(=O)(=O)O)C(C)=O.F. The number of carbonyl (C=O) groups excluding carboxylic acids is 3. The molecule has 2 atom stereocenters. The number of ether oxygens (including phenoxy) is 2. The van der Waals surface area contributed by atoms with Crippen LogP contribution >= 0.6 is 0 Å². The van der Waals surface area contributed by atoms with Crippen molar-refractivity contribution in [2.75, 3.05) is 12.9 Å². The molecule has 0 aliphatic carbocycles. The van der Waals surface area contributed by atoms with E-state index >= 15 is 0 Å². The maximum atomic E-state index is 11.9. The number of hydrogen-bond acceptors (Lipinski definition) is 7. The molecule has 0 fully saturated rings. The van der Waals surface area contributed by atoms with Crippen LogP contribution in [0.1, 0.15) is 34.1 Å². The molecule has 142 valence electrons. The van der Waals surface area contributed by atoms with Crippen molar-refractivity contribution in [2.24, 2.45) is 0 Å². The van der Waals surface area contributed by atoms with Crippen molar-refractivity contribution in [1.29, 1.82) is 0 Å². The van der Waals surface area contributed by atoms with Crippen molar-refractivity contribution < 1.29 is 41.5 Å². The zero-order chi connectivity index (χ0) is 18.4. The minimum atomic E-state index is -4.29. The van der Waals surface area contributed by atoms with Crippen LogP contribution in [0.2, 0.25) is 0 Å². The van der Waals surface area contributed by atoms with Gasteiger partial charge in [0, 0.05) is 7.11 Å². The van der Waals surface area contributed by atoms with Crippen LogP contribution in [0.4, 0.5) is 4.70 Å². The fourth-order valence-corrected chi connectivity index (χ4v) is 2.67. The van der Waals surface area contributed by atoms with Crippen molar-refractivity contribution in [3.05, 3.63) is 0 Å². The highest BCUT2D eigenvalue weighted by molar-refractivity contribution is 7.85. The molecular weight excluding hydrogens is 349 g/mol. The molecule has 2 unspecified atom stereocenters. The number of amides is 1. The topological polar surface area (TPSA) is 136 Å². The van der Waals surface area contributed by atoms with Gasteiger partial charge in [0.15, 0.2) is 18.0 Å². The molecule has 0 aromatic rings. The van der Waals surface area contributed by atoms with E-state index in [0.29, 0.717) is 0 Å². The summed E-state index contributed by atoms with van der Waals surface area (Å²) in [5.74, 6) is -2.73. The summed E-state index contributed by atoms with van der Waals surface area (Å²) in [5, 5.41) is 2.36. The van der Waals surface area contributed by atoms with Gasteiger partial charge in [0.25, 0.3) is 10.1 Å². The summed E-state index contributed by atoms with van der Waals surface area (Å²) in [5.41, 5.74) is -1.25. The maximum Gasteiger partial charge on any atom is 0.335 e. The summed E-state index contributed by atoms with van der Waals surface area (Å²) in [6, 6.07) is 0. The van der Waals surface area contributed by atoms with E-state index in [1.54, 1.807) is 0 Å². The Hall–Kier alpha value is -1.59. The van der Waals surface area contributed by atoms with Gasteiger partial charge in [0.2, 0.25) is 5.91 Å². The van der Waals surface area contributed by atoms with Crippen LogP contribution in [0.5, 0.6) is 0 Å². The third-order valence-electron chi connectivity index (χ3n) is 2.79. The molecule has 0 aliphatic heterocycles. The molecule has 0 aromatic carbocycles. The van der Waals surface area contributed by atoms with Crippen LogP contribution in [0, 0.1) is 0 Å². The highest BCUT2D eigenvalue weighted by Crippen LogP contribution is 2.09. The minimum Gasteiger partial charge on any atom is -0.452 e. The first-order valence-corrected chi connectivity index (χ1v) is 8.38. The van der Waals surface area contributed by atoms with E-state index in [9.17, 15) is 22.8 Å². The Morgan fingerprint density at radius 3 is 2.12 bits per heavy atom. The average molecular weight is 373 g/mol. The monoisotopic (exact) mass is 373 g/mol. The predicted octanol–water partition coefficient (Wildman–Crippen LogP) is -0.153. The van der Waals surface area contributed by atoms with Crippen LogP contribution in [-0.2, 0) is 34.0 Å². The van der Waals surface area contributed by atoms with Crippen LogP contribution in [0.3, 0.4) is 0 Å². The quantitative estimate of drug-likeness (QED) is 0.420. The second-order valence-electron chi connectivity index (χ2n) is 5.78. The number of methoxy groups -OCH3 is 1. The number of halogens is 1. The summed E-state index contributed by atoms with van der Waals surface area (Å²) in [6.07, 6.45) is -2.66. The molecular formula is C13H24FNO8S. The van der Waals surface area contributed by atoms with Gasteiger partial charge in [0.05, 0.1) is 17.7 Å². The van der Waals surface area contributed by atoms with E-state index in [2.05, 4.69) is 5.32 Å². The third kappa shape index (κ3) is 10.2. The summed E-state index contributed by atoms with van der Waals surface area (Å²) in [6.45, 7) is 5.36. The Labute approximate surface area is 140 Å². The fourth-order valence-electron chi connectivity index (χ4n) is 1.69. The normalized spacial score (nSPS) is 14.1. The van der Waals surface area contributed by atoms with E-state index in [1.807, 2.05) is 0 Å². The number of ketones is 1. The maximum absolute atomic E-state index is 11.9. The number of esters is 1. The van der Waals surface area contributed by atoms with Crippen molar-refractivity contribution >= 4 is 27.8 Å². The van der Waals surface area contributed by atoms with E-state index in [4.69, 9.17) is 14.0 Å². The molecule has 2 N–H and O–H groups in total. The fraction of sp³-hybridized carbons (Fsp3) is 0.769. The first kappa shape index (κ1) is 24.7. The van der Waals surface area contributed by atoms with Crippen molar-refractivity contribution in [2.45, 2.75) is 51.9 Å². The van der Waals surface area contributed by atoms with E-state index in [-0.39, 0.29) is 4.70 Å². The van der Waals surface area contributed by atoms with Crippen LogP contribution in [0.25, 0.3) is 0 Å². The molecule has 1 amide bonds. The number of rotatable bonds is 9. The highest BCUT2D eigenvalue weighted by Gasteiger charge is 2.30. The zero-order valence-corrected chi connectivity index (χ0v) is 15.0. The highest BCUT2D eigenvalue weighted by atomic mass is 32.2. The molecule has 24 heavy (non-hydrogen) atoms. The lowest BCUT2D eigenvalue weighted by molar-refractivity contribution is -0.164. The Morgan fingerprint density at radius 2 is 1.75 bits per heavy atom. The Morgan fingerprint density at radius 1 is 1.25 bits per heavy atom. The average Bonchev–Trinajstić information content (AvgIpc) is 2.32. The molecule has 9 nitrogen and oxygen atoms in total. The number of nitrogens with one attached hydrogen (secondary N) is 1. The number of carbonyl (C=O) groups is 3. The van der Waals surface area contributed by atoms with Crippen molar-refractivity contribution in [3.8, 4) is 0 Å². The van der Waals surface area contributed by atoms with Gasteiger partial charge in [-0.15, -0.1) is 0 Å². The molecule has 0 saturated carbocycles. The third-order valence-corrected chi connectivity index (χ3v) is 3.88. The van der Waals surface area contributed by atoms with Crippen molar-refractivity contribution in [3.63, 3.8) is 0 Å².